The van der Waals surface area contributed by atoms with Gasteiger partial charge >= 0.3 is 0 Å². The highest BCUT2D eigenvalue weighted by Gasteiger charge is 2.44. The first-order valence-corrected chi connectivity index (χ1v) is 3.69. The van der Waals surface area contributed by atoms with Crippen LogP contribution in [0.1, 0.15) is 6.42 Å². The molecular formula is C8H13NO. The van der Waals surface area contributed by atoms with E-state index in [1.807, 2.05) is 0 Å². The number of rotatable bonds is 0. The minimum Gasteiger partial charge on any atom is -0.380 e. The van der Waals surface area contributed by atoms with Crippen LogP contribution in [0.15, 0.2) is 12.3 Å². The summed E-state index contributed by atoms with van der Waals surface area (Å²) < 4.78 is 5.19. The Labute approximate surface area is 61.5 Å². The van der Waals surface area contributed by atoms with E-state index in [2.05, 4.69) is 18.5 Å². The third kappa shape index (κ3) is 0.686. The van der Waals surface area contributed by atoms with Gasteiger partial charge in [-0.15, -0.1) is 0 Å². The van der Waals surface area contributed by atoms with Crippen molar-refractivity contribution < 1.29 is 4.74 Å². The quantitative estimate of drug-likeness (QED) is 0.493. The average Bonchev–Trinajstić information content (AvgIpc) is 2.08. The molecule has 0 unspecified atom stereocenters. The molecule has 2 fully saturated rings. The highest BCUT2D eigenvalue weighted by Crippen LogP contribution is 2.41. The zero-order chi connectivity index (χ0) is 7.19. The van der Waals surface area contributed by atoms with Gasteiger partial charge in [0.15, 0.2) is 0 Å². The third-order valence-corrected chi connectivity index (χ3v) is 2.51. The van der Waals surface area contributed by atoms with E-state index in [1.165, 1.54) is 5.70 Å². The maximum Gasteiger partial charge on any atom is 0.0565 e. The fourth-order valence-electron chi connectivity index (χ4n) is 1.82. The van der Waals surface area contributed by atoms with Crippen LogP contribution in [0.5, 0.6) is 0 Å². The Kier molecular flexibility index (Phi) is 1.09. The number of hydrogen-bond donors (Lipinski definition) is 0. The summed E-state index contributed by atoms with van der Waals surface area (Å²) in [6, 6.07) is 0. The molecule has 0 aromatic rings. The molecule has 2 rings (SSSR count). The van der Waals surface area contributed by atoms with Gasteiger partial charge in [0.1, 0.15) is 0 Å². The van der Waals surface area contributed by atoms with E-state index >= 15 is 0 Å². The van der Waals surface area contributed by atoms with E-state index in [0.29, 0.717) is 5.41 Å². The number of likely N-dealkylation sites (tertiary alicyclic amines) is 1. The van der Waals surface area contributed by atoms with E-state index < -0.39 is 0 Å². The van der Waals surface area contributed by atoms with Crippen LogP contribution in [-0.4, -0.2) is 31.7 Å². The second kappa shape index (κ2) is 1.76. The van der Waals surface area contributed by atoms with Gasteiger partial charge in [-0.05, 0) is 6.42 Å². The Hall–Kier alpha value is -0.500. The van der Waals surface area contributed by atoms with Gasteiger partial charge in [0.2, 0.25) is 0 Å². The van der Waals surface area contributed by atoms with Crippen molar-refractivity contribution in [3.05, 3.63) is 12.3 Å². The number of nitrogens with zero attached hydrogens (tertiary/aromatic N) is 1. The van der Waals surface area contributed by atoms with Crippen molar-refractivity contribution in [2.45, 2.75) is 6.42 Å². The molecule has 0 aromatic heterocycles. The van der Waals surface area contributed by atoms with Gasteiger partial charge in [0, 0.05) is 24.7 Å². The van der Waals surface area contributed by atoms with E-state index in [9.17, 15) is 0 Å². The fourth-order valence-corrected chi connectivity index (χ4v) is 1.82. The average molecular weight is 139 g/mol. The van der Waals surface area contributed by atoms with Crippen molar-refractivity contribution in [3.63, 3.8) is 0 Å². The monoisotopic (exact) mass is 139 g/mol. The van der Waals surface area contributed by atoms with E-state index in [4.69, 9.17) is 4.74 Å². The number of hydrogen-bond acceptors (Lipinski definition) is 2. The van der Waals surface area contributed by atoms with Crippen LogP contribution in [0.3, 0.4) is 0 Å². The van der Waals surface area contributed by atoms with Crippen LogP contribution >= 0.6 is 0 Å². The first-order chi connectivity index (χ1) is 4.72. The molecule has 0 aliphatic carbocycles. The van der Waals surface area contributed by atoms with Gasteiger partial charge in [0.25, 0.3) is 0 Å². The van der Waals surface area contributed by atoms with Gasteiger partial charge in [-0.1, -0.05) is 6.58 Å². The minimum atomic E-state index is 0.464. The predicted molar refractivity (Wildman–Crippen MR) is 39.6 cm³/mol. The van der Waals surface area contributed by atoms with Crippen LogP contribution in [0.2, 0.25) is 0 Å². The lowest BCUT2D eigenvalue weighted by atomic mass is 9.85. The smallest absolute Gasteiger partial charge is 0.0565 e. The first-order valence-electron chi connectivity index (χ1n) is 3.69. The lowest BCUT2D eigenvalue weighted by molar-refractivity contribution is -0.103. The van der Waals surface area contributed by atoms with Crippen LogP contribution in [0, 0.1) is 5.41 Å². The van der Waals surface area contributed by atoms with E-state index in [-0.39, 0.29) is 0 Å². The fraction of sp³-hybridized carbons (Fsp3) is 0.750. The molecule has 2 nitrogen and oxygen atoms in total. The zero-order valence-electron chi connectivity index (χ0n) is 6.39. The lowest BCUT2D eigenvalue weighted by Gasteiger charge is -2.37. The summed E-state index contributed by atoms with van der Waals surface area (Å²) >= 11 is 0. The van der Waals surface area contributed by atoms with Crippen LogP contribution in [-0.2, 0) is 4.74 Å². The molecule has 0 atom stereocenters. The Morgan fingerprint density at radius 3 is 2.50 bits per heavy atom. The number of allylic oxidation sites excluding steroid dienone is 1. The van der Waals surface area contributed by atoms with Crippen molar-refractivity contribution in [1.82, 2.24) is 4.90 Å². The Bertz CT molecular complexity index is 172. The Morgan fingerprint density at radius 1 is 1.60 bits per heavy atom. The molecule has 2 aliphatic rings. The molecule has 0 aromatic carbocycles. The highest BCUT2D eigenvalue weighted by atomic mass is 16.5. The zero-order valence-corrected chi connectivity index (χ0v) is 6.39. The maximum absolute atomic E-state index is 5.19. The lowest BCUT2D eigenvalue weighted by Crippen LogP contribution is -2.44. The van der Waals surface area contributed by atoms with Gasteiger partial charge in [-0.25, -0.2) is 0 Å². The standard InChI is InChI=1S/C8H13NO/c1-7-3-8(4-9(7)2)5-10-6-8/h1,3-6H2,2H3. The van der Waals surface area contributed by atoms with Crippen molar-refractivity contribution in [2.75, 3.05) is 26.8 Å². The second-order valence-corrected chi connectivity index (χ2v) is 3.59. The van der Waals surface area contributed by atoms with Crippen LogP contribution in [0.25, 0.3) is 0 Å². The maximum atomic E-state index is 5.19. The third-order valence-electron chi connectivity index (χ3n) is 2.51. The summed E-state index contributed by atoms with van der Waals surface area (Å²) in [5.41, 5.74) is 1.73. The van der Waals surface area contributed by atoms with Gasteiger partial charge < -0.3 is 9.64 Å². The molecule has 2 heterocycles. The summed E-state index contributed by atoms with van der Waals surface area (Å²) in [6.45, 7) is 7.01. The van der Waals surface area contributed by atoms with E-state index in [1.54, 1.807) is 0 Å². The molecule has 56 valence electrons. The van der Waals surface area contributed by atoms with Gasteiger partial charge in [0.05, 0.1) is 13.2 Å². The summed E-state index contributed by atoms with van der Waals surface area (Å²) in [7, 11) is 2.11. The number of ether oxygens (including phenoxy) is 1. The predicted octanol–water partition coefficient (Wildman–Crippen LogP) is 0.852. The molecule has 2 saturated heterocycles. The molecule has 2 aliphatic heterocycles. The van der Waals surface area contributed by atoms with Crippen molar-refractivity contribution in [3.8, 4) is 0 Å². The molecule has 0 N–H and O–H groups in total. The largest absolute Gasteiger partial charge is 0.380 e. The summed E-state index contributed by atoms with van der Waals surface area (Å²) in [6.07, 6.45) is 1.14. The molecule has 0 bridgehead atoms. The molecule has 1 spiro atoms. The summed E-state index contributed by atoms with van der Waals surface area (Å²) in [5, 5.41) is 0. The summed E-state index contributed by atoms with van der Waals surface area (Å²) in [4.78, 5) is 2.24. The van der Waals surface area contributed by atoms with Gasteiger partial charge in [-0.3, -0.25) is 0 Å². The highest BCUT2D eigenvalue weighted by molar-refractivity contribution is 5.10. The molecular weight excluding hydrogens is 126 g/mol. The molecule has 2 heteroatoms. The van der Waals surface area contributed by atoms with Crippen molar-refractivity contribution >= 4 is 0 Å². The summed E-state index contributed by atoms with van der Waals surface area (Å²) in [5.74, 6) is 0. The molecule has 0 amide bonds. The SMILES string of the molecule is C=C1CC2(COC2)CN1C. The Balaban J connectivity index is 2.10. The van der Waals surface area contributed by atoms with Gasteiger partial charge in [-0.2, -0.15) is 0 Å². The molecule has 0 radical (unpaired) electrons. The first kappa shape index (κ1) is 6.23. The van der Waals surface area contributed by atoms with Crippen LogP contribution in [0.4, 0.5) is 0 Å². The van der Waals surface area contributed by atoms with Crippen molar-refractivity contribution in [1.29, 1.82) is 0 Å². The van der Waals surface area contributed by atoms with Crippen LogP contribution < -0.4 is 0 Å². The Morgan fingerprint density at radius 2 is 2.30 bits per heavy atom. The van der Waals surface area contributed by atoms with E-state index in [0.717, 1.165) is 26.2 Å². The second-order valence-electron chi connectivity index (χ2n) is 3.59. The topological polar surface area (TPSA) is 12.5 Å². The van der Waals surface area contributed by atoms with Crippen molar-refractivity contribution in [2.24, 2.45) is 5.41 Å². The molecule has 10 heavy (non-hydrogen) atoms. The molecule has 0 saturated carbocycles. The minimum absolute atomic E-state index is 0.464. The normalized spacial score (nSPS) is 29.3.